The van der Waals surface area contributed by atoms with Gasteiger partial charge in [-0.2, -0.15) is 0 Å². The van der Waals surface area contributed by atoms with E-state index in [1.807, 2.05) is 37.8 Å². The first-order valence-corrected chi connectivity index (χ1v) is 13.0. The zero-order valence-electron chi connectivity index (χ0n) is 23.3. The summed E-state index contributed by atoms with van der Waals surface area (Å²) < 4.78 is 5.84. The van der Waals surface area contributed by atoms with Crippen LogP contribution in [0.2, 0.25) is 0 Å². The van der Waals surface area contributed by atoms with E-state index in [0.29, 0.717) is 23.7 Å². The summed E-state index contributed by atoms with van der Waals surface area (Å²) in [6.07, 6.45) is 2.09. The molecule has 0 aromatic heterocycles. The van der Waals surface area contributed by atoms with Crippen LogP contribution in [0, 0.1) is 5.41 Å². The van der Waals surface area contributed by atoms with E-state index in [0.717, 1.165) is 48.3 Å². The second-order valence-corrected chi connectivity index (χ2v) is 12.2. The van der Waals surface area contributed by atoms with Gasteiger partial charge >= 0.3 is 5.97 Å². The lowest BCUT2D eigenvalue weighted by Crippen LogP contribution is -2.31. The van der Waals surface area contributed by atoms with Crippen LogP contribution in [0.25, 0.3) is 0 Å². The van der Waals surface area contributed by atoms with Gasteiger partial charge in [-0.25, -0.2) is 4.79 Å². The van der Waals surface area contributed by atoms with Crippen LogP contribution in [0.5, 0.6) is 5.75 Å². The minimum Gasteiger partial charge on any atom is -0.479 e. The zero-order chi connectivity index (χ0) is 27.1. The third-order valence-corrected chi connectivity index (χ3v) is 7.23. The molecule has 38 heavy (non-hydrogen) atoms. The standard InChI is InChI=1S/C30H39N3O4.BrH/c1-29(2,3)21-10-9-19-16-33(28(31)22(19)15-21)17-25(34)20-13-23(30(4,5)6)27(37-18-26(35)36)24(14-20)32-11-7-8-12-32;/h9-10,13-15,31H,7-8,11-12,16-18H2,1-6H3,(H,35,36);1H. The van der Waals surface area contributed by atoms with Gasteiger partial charge in [-0.3, -0.25) is 10.2 Å². The Morgan fingerprint density at radius 2 is 1.66 bits per heavy atom. The van der Waals surface area contributed by atoms with Gasteiger partial charge in [0.1, 0.15) is 11.6 Å². The van der Waals surface area contributed by atoms with Crippen LogP contribution in [0.3, 0.4) is 0 Å². The van der Waals surface area contributed by atoms with Crippen molar-refractivity contribution in [2.75, 3.05) is 31.1 Å². The minimum atomic E-state index is -1.03. The summed E-state index contributed by atoms with van der Waals surface area (Å²) in [6.45, 7) is 14.5. The number of halogens is 1. The van der Waals surface area contributed by atoms with E-state index >= 15 is 0 Å². The van der Waals surface area contributed by atoms with Gasteiger partial charge in [0.2, 0.25) is 0 Å². The van der Waals surface area contributed by atoms with Crippen LogP contribution in [0.4, 0.5) is 5.69 Å². The van der Waals surface area contributed by atoms with Crippen LogP contribution < -0.4 is 9.64 Å². The van der Waals surface area contributed by atoms with Crippen molar-refractivity contribution in [1.82, 2.24) is 4.90 Å². The maximum Gasteiger partial charge on any atom is 0.341 e. The average molecular weight is 587 g/mol. The van der Waals surface area contributed by atoms with Gasteiger partial charge in [0.15, 0.2) is 12.4 Å². The molecule has 2 aliphatic rings. The average Bonchev–Trinajstić information content (AvgIpc) is 3.44. The summed E-state index contributed by atoms with van der Waals surface area (Å²) in [7, 11) is 0. The van der Waals surface area contributed by atoms with Crippen molar-refractivity contribution in [2.24, 2.45) is 0 Å². The van der Waals surface area contributed by atoms with Gasteiger partial charge < -0.3 is 19.6 Å². The highest BCUT2D eigenvalue weighted by Gasteiger charge is 2.31. The molecule has 1 fully saturated rings. The van der Waals surface area contributed by atoms with Gasteiger partial charge in [0.25, 0.3) is 0 Å². The predicted molar refractivity (Wildman–Crippen MR) is 157 cm³/mol. The number of nitrogens with one attached hydrogen (secondary N) is 1. The number of fused-ring (bicyclic) bond motifs is 1. The Hall–Kier alpha value is -2.87. The number of Topliss-reactive ketones (excluding diaryl/α,β-unsaturated/α-hetero) is 1. The Morgan fingerprint density at radius 3 is 2.24 bits per heavy atom. The van der Waals surface area contributed by atoms with Crippen molar-refractivity contribution in [3.63, 3.8) is 0 Å². The number of carboxylic acids is 1. The summed E-state index contributed by atoms with van der Waals surface area (Å²) in [4.78, 5) is 29.0. The van der Waals surface area contributed by atoms with Gasteiger partial charge in [0.05, 0.1) is 12.2 Å². The molecule has 0 unspecified atom stereocenters. The molecule has 0 radical (unpaired) electrons. The molecule has 2 aromatic rings. The molecule has 206 valence electrons. The smallest absolute Gasteiger partial charge is 0.341 e. The highest BCUT2D eigenvalue weighted by atomic mass is 79.9. The number of carboxylic acid groups (broad SMARTS) is 1. The summed E-state index contributed by atoms with van der Waals surface area (Å²) in [5, 5.41) is 18.1. The first-order chi connectivity index (χ1) is 17.3. The number of amidine groups is 1. The number of carbonyl (C=O) groups is 2. The fraction of sp³-hybridized carbons (Fsp3) is 0.500. The maximum atomic E-state index is 13.7. The molecule has 0 bridgehead atoms. The third-order valence-electron chi connectivity index (χ3n) is 7.23. The van der Waals surface area contributed by atoms with Crippen LogP contribution in [-0.4, -0.2) is 53.8 Å². The van der Waals surface area contributed by atoms with Crippen molar-refractivity contribution in [3.05, 3.63) is 58.1 Å². The summed E-state index contributed by atoms with van der Waals surface area (Å²) in [5.41, 5.74) is 4.92. The SMILES string of the molecule is Br.CC(C)(C)c1ccc2c(c1)C(=N)N(CC(=O)c1cc(N3CCCC3)c(OCC(=O)O)c(C(C)(C)C)c1)C2. The lowest BCUT2D eigenvalue weighted by Gasteiger charge is -2.29. The Balaban J connectivity index is 0.00000400. The Kier molecular flexibility index (Phi) is 8.66. The van der Waals surface area contributed by atoms with Crippen molar-refractivity contribution < 1.29 is 19.4 Å². The lowest BCUT2D eigenvalue weighted by molar-refractivity contribution is -0.139. The summed E-state index contributed by atoms with van der Waals surface area (Å²) in [5.74, 6) is -0.172. The maximum absolute atomic E-state index is 13.7. The minimum absolute atomic E-state index is 0. The molecule has 0 spiro atoms. The number of rotatable bonds is 7. The van der Waals surface area contributed by atoms with E-state index in [1.165, 1.54) is 5.56 Å². The van der Waals surface area contributed by atoms with E-state index < -0.39 is 12.6 Å². The molecule has 2 aromatic carbocycles. The van der Waals surface area contributed by atoms with Gasteiger partial charge in [-0.05, 0) is 53.0 Å². The van der Waals surface area contributed by atoms with Crippen molar-refractivity contribution in [2.45, 2.75) is 71.8 Å². The van der Waals surface area contributed by atoms with Crippen LogP contribution in [-0.2, 0) is 22.2 Å². The molecule has 2 aliphatic heterocycles. The fourth-order valence-electron chi connectivity index (χ4n) is 5.07. The van der Waals surface area contributed by atoms with Crippen LogP contribution in [0.15, 0.2) is 30.3 Å². The molecule has 4 rings (SSSR count). The molecule has 0 saturated carbocycles. The van der Waals surface area contributed by atoms with Crippen LogP contribution in [0.1, 0.15) is 87.0 Å². The second kappa shape index (κ2) is 11.1. The molecular weight excluding hydrogens is 546 g/mol. The quantitative estimate of drug-likeness (QED) is 0.390. The Bertz CT molecular complexity index is 1240. The number of ketones is 1. The Morgan fingerprint density at radius 1 is 1.00 bits per heavy atom. The Labute approximate surface area is 236 Å². The molecule has 2 heterocycles. The topological polar surface area (TPSA) is 93.9 Å². The first kappa shape index (κ1) is 29.7. The predicted octanol–water partition coefficient (Wildman–Crippen LogP) is 5.95. The molecule has 7 nitrogen and oxygen atoms in total. The first-order valence-electron chi connectivity index (χ1n) is 13.0. The summed E-state index contributed by atoms with van der Waals surface area (Å²) in [6, 6.07) is 9.98. The van der Waals surface area contributed by atoms with E-state index in [-0.39, 0.29) is 40.1 Å². The number of anilines is 1. The third kappa shape index (κ3) is 6.22. The molecule has 0 aliphatic carbocycles. The highest BCUT2D eigenvalue weighted by Crippen LogP contribution is 2.41. The van der Waals surface area contributed by atoms with Crippen molar-refractivity contribution in [1.29, 1.82) is 5.41 Å². The van der Waals surface area contributed by atoms with E-state index in [1.54, 1.807) is 0 Å². The molecule has 2 N–H and O–H groups in total. The molecule has 8 heteroatoms. The monoisotopic (exact) mass is 585 g/mol. The molecule has 0 amide bonds. The molecule has 0 atom stereocenters. The normalized spacial score (nSPS) is 15.4. The van der Waals surface area contributed by atoms with Crippen LogP contribution >= 0.6 is 17.0 Å². The van der Waals surface area contributed by atoms with Gasteiger partial charge in [-0.1, -0.05) is 53.7 Å². The van der Waals surface area contributed by atoms with Crippen molar-refractivity contribution in [3.8, 4) is 5.75 Å². The number of hydrogen-bond donors (Lipinski definition) is 2. The largest absolute Gasteiger partial charge is 0.479 e. The van der Waals surface area contributed by atoms with Gasteiger partial charge in [0, 0.05) is 36.3 Å². The van der Waals surface area contributed by atoms with E-state index in [4.69, 9.17) is 10.1 Å². The second-order valence-electron chi connectivity index (χ2n) is 12.2. The number of benzene rings is 2. The number of carbonyl (C=O) groups excluding carboxylic acids is 1. The van der Waals surface area contributed by atoms with E-state index in [2.05, 4.69) is 43.9 Å². The fourth-order valence-corrected chi connectivity index (χ4v) is 5.07. The number of nitrogens with zero attached hydrogens (tertiary/aromatic N) is 2. The number of hydrogen-bond acceptors (Lipinski definition) is 5. The number of aliphatic carboxylic acids is 1. The number of ether oxygens (including phenoxy) is 1. The van der Waals surface area contributed by atoms with Gasteiger partial charge in [-0.15, -0.1) is 17.0 Å². The summed E-state index contributed by atoms with van der Waals surface area (Å²) >= 11 is 0. The highest BCUT2D eigenvalue weighted by molar-refractivity contribution is 8.93. The van der Waals surface area contributed by atoms with E-state index in [9.17, 15) is 14.7 Å². The van der Waals surface area contributed by atoms with Crippen molar-refractivity contribution >= 4 is 40.3 Å². The molecule has 1 saturated heterocycles. The molecular formula is C30H40BrN3O4. The zero-order valence-corrected chi connectivity index (χ0v) is 25.0. The lowest BCUT2D eigenvalue weighted by atomic mass is 9.84.